The second-order valence-electron chi connectivity index (χ2n) is 2.81. The highest BCUT2D eigenvalue weighted by atomic mass is 32.2. The molecule has 0 spiro atoms. The largest absolute Gasteiger partial charge is 0.591 e. The molecular weight excluding hydrogens is 216 g/mol. The van der Waals surface area contributed by atoms with E-state index in [0.29, 0.717) is 10.6 Å². The maximum atomic E-state index is 11.8. The highest BCUT2D eigenvalue weighted by Gasteiger charge is 2.18. The molecule has 0 aromatic heterocycles. The molecule has 0 saturated carbocycles. The molecule has 0 aliphatic rings. The predicted molar refractivity (Wildman–Crippen MR) is 58.1 cm³/mol. The Balaban J connectivity index is 2.59. The first kappa shape index (κ1) is 12.3. The summed E-state index contributed by atoms with van der Waals surface area (Å²) in [5.41, 5.74) is 6.13. The van der Waals surface area contributed by atoms with E-state index in [0.717, 1.165) is 0 Å². The highest BCUT2D eigenvalue weighted by Crippen LogP contribution is 2.15. The van der Waals surface area contributed by atoms with Crippen LogP contribution in [-0.4, -0.2) is 34.4 Å². The van der Waals surface area contributed by atoms with E-state index in [1.54, 1.807) is 31.3 Å². The number of nitrogen functional groups attached to an aromatic ring is 1. The number of aliphatic hydroxyl groups is 1. The second-order valence-corrected chi connectivity index (χ2v) is 4.30. The molecule has 0 aliphatic heterocycles. The molecule has 1 atom stereocenters. The van der Waals surface area contributed by atoms with Crippen molar-refractivity contribution in [2.45, 2.75) is 4.90 Å². The molecule has 0 bridgehead atoms. The average Bonchev–Trinajstić information content (AvgIpc) is 2.26. The van der Waals surface area contributed by atoms with E-state index < -0.39 is 11.4 Å². The number of nitrogens with zero attached hydrogens (tertiary/aromatic N) is 1. The Morgan fingerprint density at radius 1 is 1.47 bits per heavy atom. The van der Waals surface area contributed by atoms with Crippen LogP contribution < -0.4 is 5.73 Å². The van der Waals surface area contributed by atoms with E-state index in [2.05, 4.69) is 0 Å². The molecule has 0 radical (unpaired) electrons. The molecule has 5 nitrogen and oxygen atoms in total. The van der Waals surface area contributed by atoms with Gasteiger partial charge in [0.1, 0.15) is 11.4 Å². The van der Waals surface area contributed by atoms with Crippen molar-refractivity contribution in [1.82, 2.24) is 4.47 Å². The minimum Gasteiger partial charge on any atom is -0.591 e. The van der Waals surface area contributed by atoms with E-state index in [1.807, 2.05) is 0 Å². The number of benzene rings is 1. The molecule has 1 aromatic carbocycles. The molecule has 84 valence electrons. The zero-order valence-electron chi connectivity index (χ0n) is 8.42. The Labute approximate surface area is 91.7 Å². The summed E-state index contributed by atoms with van der Waals surface area (Å²) in [5, 5.41) is 8.54. The van der Waals surface area contributed by atoms with Gasteiger partial charge in [-0.25, -0.2) is 0 Å². The minimum atomic E-state index is -1.39. The van der Waals surface area contributed by atoms with Crippen molar-refractivity contribution in [3.05, 3.63) is 24.3 Å². The quantitative estimate of drug-likeness (QED) is 0.427. The first-order chi connectivity index (χ1) is 7.15. The van der Waals surface area contributed by atoms with Gasteiger partial charge in [-0.1, -0.05) is 0 Å². The van der Waals surface area contributed by atoms with Gasteiger partial charge in [0, 0.05) is 5.69 Å². The lowest BCUT2D eigenvalue weighted by molar-refractivity contribution is -0.0770. The Hall–Kier alpha value is -0.790. The fourth-order valence-corrected chi connectivity index (χ4v) is 1.79. The van der Waals surface area contributed by atoms with Crippen LogP contribution in [0.2, 0.25) is 0 Å². The number of hydrogen-bond acceptors (Lipinski definition) is 5. The third-order valence-corrected chi connectivity index (χ3v) is 2.93. The lowest BCUT2D eigenvalue weighted by atomic mass is 10.3. The molecule has 1 rings (SSSR count). The predicted octanol–water partition coefficient (Wildman–Crippen LogP) is 0.147. The minimum absolute atomic E-state index is 0.108. The van der Waals surface area contributed by atoms with E-state index in [9.17, 15) is 4.55 Å². The number of rotatable bonds is 5. The van der Waals surface area contributed by atoms with Crippen molar-refractivity contribution in [2.24, 2.45) is 0 Å². The summed E-state index contributed by atoms with van der Waals surface area (Å²) in [6.07, 6.45) is 0. The van der Waals surface area contributed by atoms with Gasteiger partial charge < -0.3 is 15.4 Å². The SMILES string of the molecule is CN(OCCO)[S+]([O-])c1ccc(N)cc1. The zero-order chi connectivity index (χ0) is 11.3. The molecule has 0 saturated heterocycles. The van der Waals surface area contributed by atoms with Gasteiger partial charge in [-0.2, -0.15) is 0 Å². The standard InChI is InChI=1S/C9H14N2O3S/c1-11(14-7-6-12)15(13)9-4-2-8(10)3-5-9/h2-5,12H,6-7,10H2,1H3. The van der Waals surface area contributed by atoms with Crippen LogP contribution in [0.3, 0.4) is 0 Å². The summed E-state index contributed by atoms with van der Waals surface area (Å²) < 4.78 is 12.9. The first-order valence-corrected chi connectivity index (χ1v) is 5.50. The van der Waals surface area contributed by atoms with Crippen molar-refractivity contribution in [3.63, 3.8) is 0 Å². The topological polar surface area (TPSA) is 81.8 Å². The lowest BCUT2D eigenvalue weighted by Gasteiger charge is -2.18. The van der Waals surface area contributed by atoms with E-state index in [4.69, 9.17) is 15.7 Å². The molecule has 0 aliphatic carbocycles. The normalized spacial score (nSPS) is 13.1. The van der Waals surface area contributed by atoms with Gasteiger partial charge in [0.15, 0.2) is 4.90 Å². The molecule has 1 unspecified atom stereocenters. The first-order valence-electron chi connectivity index (χ1n) is 4.40. The summed E-state index contributed by atoms with van der Waals surface area (Å²) in [6.45, 7) is 0.0144. The van der Waals surface area contributed by atoms with Crippen LogP contribution >= 0.6 is 0 Å². The maximum Gasteiger partial charge on any atom is 0.176 e. The van der Waals surface area contributed by atoms with Crippen LogP contribution in [0.15, 0.2) is 29.2 Å². The van der Waals surface area contributed by atoms with Crippen molar-refractivity contribution < 1.29 is 14.5 Å². The molecule has 1 aromatic rings. The molecule has 6 heteroatoms. The second kappa shape index (κ2) is 5.94. The third-order valence-electron chi connectivity index (χ3n) is 1.68. The Bertz CT molecular complexity index is 294. The molecule has 0 fully saturated rings. The number of hydroxylamine groups is 1. The van der Waals surface area contributed by atoms with Gasteiger partial charge in [-0.3, -0.25) is 4.84 Å². The van der Waals surface area contributed by atoms with Crippen LogP contribution in [0.4, 0.5) is 5.69 Å². The summed E-state index contributed by atoms with van der Waals surface area (Å²) in [5.74, 6) is 0. The Morgan fingerprint density at radius 2 is 2.07 bits per heavy atom. The highest BCUT2D eigenvalue weighted by molar-refractivity contribution is 7.89. The van der Waals surface area contributed by atoms with E-state index in [1.165, 1.54) is 4.47 Å². The Kier molecular flexibility index (Phi) is 4.86. The molecule has 15 heavy (non-hydrogen) atoms. The van der Waals surface area contributed by atoms with Crippen LogP contribution in [0.1, 0.15) is 0 Å². The van der Waals surface area contributed by atoms with Crippen molar-refractivity contribution in [2.75, 3.05) is 26.0 Å². The summed E-state index contributed by atoms with van der Waals surface area (Å²) in [7, 11) is 1.54. The van der Waals surface area contributed by atoms with Crippen LogP contribution in [-0.2, 0) is 16.2 Å². The van der Waals surface area contributed by atoms with Gasteiger partial charge in [-0.05, 0) is 28.7 Å². The average molecular weight is 230 g/mol. The van der Waals surface area contributed by atoms with Crippen LogP contribution in [0.5, 0.6) is 0 Å². The zero-order valence-corrected chi connectivity index (χ0v) is 9.24. The van der Waals surface area contributed by atoms with Gasteiger partial charge in [0.25, 0.3) is 0 Å². The molecule has 0 heterocycles. The van der Waals surface area contributed by atoms with E-state index >= 15 is 0 Å². The maximum absolute atomic E-state index is 11.8. The lowest BCUT2D eigenvalue weighted by Crippen LogP contribution is -2.28. The fourth-order valence-electron chi connectivity index (χ4n) is 0.950. The Morgan fingerprint density at radius 3 is 2.60 bits per heavy atom. The van der Waals surface area contributed by atoms with Crippen molar-refractivity contribution in [3.8, 4) is 0 Å². The third kappa shape index (κ3) is 3.69. The van der Waals surface area contributed by atoms with Gasteiger partial charge in [0.2, 0.25) is 0 Å². The number of aliphatic hydroxyl groups excluding tert-OH is 1. The van der Waals surface area contributed by atoms with Crippen LogP contribution in [0.25, 0.3) is 0 Å². The molecule has 3 N–H and O–H groups in total. The summed E-state index contributed by atoms with van der Waals surface area (Å²) >= 11 is -1.39. The molecule has 0 amide bonds. The smallest absolute Gasteiger partial charge is 0.176 e. The van der Waals surface area contributed by atoms with Crippen molar-refractivity contribution >= 4 is 17.0 Å². The number of anilines is 1. The summed E-state index contributed by atoms with van der Waals surface area (Å²) in [6, 6.07) is 6.69. The van der Waals surface area contributed by atoms with E-state index in [-0.39, 0.29) is 13.2 Å². The number of hydrogen-bond donors (Lipinski definition) is 2. The fraction of sp³-hybridized carbons (Fsp3) is 0.333. The molecular formula is C9H14N2O3S. The van der Waals surface area contributed by atoms with Crippen molar-refractivity contribution in [1.29, 1.82) is 0 Å². The summed E-state index contributed by atoms with van der Waals surface area (Å²) in [4.78, 5) is 5.59. The number of nitrogens with two attached hydrogens (primary N) is 1. The van der Waals surface area contributed by atoms with Gasteiger partial charge in [0.05, 0.1) is 20.3 Å². The van der Waals surface area contributed by atoms with Gasteiger partial charge >= 0.3 is 0 Å². The monoisotopic (exact) mass is 230 g/mol. The van der Waals surface area contributed by atoms with Crippen LogP contribution in [0, 0.1) is 0 Å². The van der Waals surface area contributed by atoms with Gasteiger partial charge in [-0.15, -0.1) is 0 Å².